The quantitative estimate of drug-likeness (QED) is 0.337. The number of nitrogens with zero attached hydrogens (tertiary/aromatic N) is 2. The maximum Gasteiger partial charge on any atom is 0.357 e. The number of aliphatic imine (C=N–C) groups is 1. The first-order valence-corrected chi connectivity index (χ1v) is 12.7. The number of esters is 1. The van der Waals surface area contributed by atoms with Crippen LogP contribution in [-0.4, -0.2) is 46.1 Å². The lowest BCUT2D eigenvalue weighted by atomic mass is 9.72. The van der Waals surface area contributed by atoms with Gasteiger partial charge in [-0.1, -0.05) is 0 Å². The maximum absolute atomic E-state index is 13.1. The molecule has 2 atom stereocenters. The Hall–Kier alpha value is -3.79. The Morgan fingerprint density at radius 3 is 2.94 bits per heavy atom. The van der Waals surface area contributed by atoms with Crippen LogP contribution in [0.15, 0.2) is 56.2 Å². The van der Waals surface area contributed by atoms with Gasteiger partial charge >= 0.3 is 5.97 Å². The Bertz CT molecular complexity index is 1510. The molecule has 36 heavy (non-hydrogen) atoms. The van der Waals surface area contributed by atoms with Gasteiger partial charge in [0, 0.05) is 30.0 Å². The molecule has 184 valence electrons. The van der Waals surface area contributed by atoms with E-state index in [1.807, 2.05) is 30.3 Å². The largest absolute Gasteiger partial charge is 0.497 e. The first-order valence-electron chi connectivity index (χ1n) is 11.9. The topological polar surface area (TPSA) is 123 Å². The van der Waals surface area contributed by atoms with Crippen LogP contribution in [0.2, 0.25) is 0 Å². The highest BCUT2D eigenvalue weighted by atomic mass is 32.2. The molecule has 0 amide bonds. The third kappa shape index (κ3) is 3.81. The van der Waals surface area contributed by atoms with Crippen molar-refractivity contribution in [2.75, 3.05) is 13.7 Å². The van der Waals surface area contributed by atoms with E-state index in [4.69, 9.17) is 18.9 Å². The molecule has 1 saturated carbocycles. The molecule has 0 spiro atoms. The number of H-pyrrole nitrogens is 2. The first-order chi connectivity index (χ1) is 17.6. The van der Waals surface area contributed by atoms with Gasteiger partial charge in [0.25, 0.3) is 0 Å². The van der Waals surface area contributed by atoms with Gasteiger partial charge in [0.15, 0.2) is 15.9 Å². The third-order valence-corrected chi connectivity index (χ3v) is 7.43. The van der Waals surface area contributed by atoms with Gasteiger partial charge in [-0.3, -0.25) is 9.79 Å². The summed E-state index contributed by atoms with van der Waals surface area (Å²) in [5.74, 6) is 0.317. The number of Topliss-reactive ketones (excluding diaryl/α,β-unsaturated/α-hetero) is 1. The van der Waals surface area contributed by atoms with Crippen molar-refractivity contribution in [1.29, 1.82) is 0 Å². The normalized spacial score (nSPS) is 19.1. The monoisotopic (exact) mass is 504 g/mol. The number of furan rings is 1. The van der Waals surface area contributed by atoms with E-state index in [2.05, 4.69) is 15.0 Å². The summed E-state index contributed by atoms with van der Waals surface area (Å²) < 4.78 is 16.8. The van der Waals surface area contributed by atoms with Crippen LogP contribution in [0.4, 0.5) is 5.69 Å². The summed E-state index contributed by atoms with van der Waals surface area (Å²) in [6.07, 6.45) is 3.72. The number of hydrogen-bond donors (Lipinski definition) is 2. The van der Waals surface area contributed by atoms with E-state index in [-0.39, 0.29) is 18.3 Å². The first kappa shape index (κ1) is 22.7. The van der Waals surface area contributed by atoms with Gasteiger partial charge in [0.1, 0.15) is 17.3 Å². The van der Waals surface area contributed by atoms with Crippen LogP contribution < -0.4 is 4.74 Å². The predicted octanol–water partition coefficient (Wildman–Crippen LogP) is 5.41. The number of hydrogen-bond acceptors (Lipinski definition) is 8. The van der Waals surface area contributed by atoms with Crippen molar-refractivity contribution < 1.29 is 23.5 Å². The van der Waals surface area contributed by atoms with Crippen molar-refractivity contribution in [1.82, 2.24) is 15.0 Å². The van der Waals surface area contributed by atoms with Gasteiger partial charge in [0.05, 0.1) is 42.3 Å². The number of fused-ring (bicyclic) bond motifs is 3. The number of rotatable bonds is 6. The smallest absolute Gasteiger partial charge is 0.357 e. The van der Waals surface area contributed by atoms with Crippen molar-refractivity contribution in [2.45, 2.75) is 42.4 Å². The number of benzene rings is 1. The summed E-state index contributed by atoms with van der Waals surface area (Å²) in [6, 6.07) is 9.43. The lowest BCUT2D eigenvalue weighted by Gasteiger charge is -2.32. The molecule has 4 aromatic rings. The van der Waals surface area contributed by atoms with E-state index in [1.54, 1.807) is 20.2 Å². The van der Waals surface area contributed by atoms with Gasteiger partial charge in [-0.05, 0) is 55.8 Å². The molecule has 4 heterocycles. The van der Waals surface area contributed by atoms with Crippen LogP contribution in [0.3, 0.4) is 0 Å². The number of carbonyl (C=O) groups is 2. The summed E-state index contributed by atoms with van der Waals surface area (Å²) >= 11 is 1.37. The number of nitrogens with one attached hydrogen (secondary N) is 2. The number of aromatic nitrogens is 3. The molecule has 9 nitrogen and oxygen atoms in total. The molecule has 1 fully saturated rings. The van der Waals surface area contributed by atoms with Crippen LogP contribution in [0.25, 0.3) is 11.0 Å². The fourth-order valence-electron chi connectivity index (χ4n) is 5.02. The number of methoxy groups -OCH3 is 1. The van der Waals surface area contributed by atoms with E-state index in [9.17, 15) is 9.59 Å². The molecular weight excluding hydrogens is 480 g/mol. The molecule has 0 radical (unpaired) electrons. The second kappa shape index (κ2) is 9.02. The van der Waals surface area contributed by atoms with Gasteiger partial charge in [-0.15, -0.1) is 0 Å². The summed E-state index contributed by atoms with van der Waals surface area (Å²) in [6.45, 7) is 2.03. The molecule has 2 unspecified atom stereocenters. The zero-order valence-electron chi connectivity index (χ0n) is 19.8. The van der Waals surface area contributed by atoms with Crippen LogP contribution in [0.5, 0.6) is 5.75 Å². The molecule has 10 heteroatoms. The minimum atomic E-state index is -0.459. The van der Waals surface area contributed by atoms with E-state index >= 15 is 0 Å². The highest BCUT2D eigenvalue weighted by Gasteiger charge is 2.44. The predicted molar refractivity (Wildman–Crippen MR) is 134 cm³/mol. The fourth-order valence-corrected chi connectivity index (χ4v) is 5.79. The Balaban J connectivity index is 1.35. The van der Waals surface area contributed by atoms with Gasteiger partial charge < -0.3 is 23.9 Å². The van der Waals surface area contributed by atoms with E-state index in [0.29, 0.717) is 40.2 Å². The van der Waals surface area contributed by atoms with Crippen molar-refractivity contribution in [2.24, 2.45) is 10.9 Å². The van der Waals surface area contributed by atoms with Crippen LogP contribution in [0, 0.1) is 5.92 Å². The average Bonchev–Trinajstić information content (AvgIpc) is 3.60. The number of carbonyl (C=O) groups excluding carboxylic acids is 2. The lowest BCUT2D eigenvalue weighted by molar-refractivity contribution is -0.122. The number of ether oxygens (including phenoxy) is 2. The maximum atomic E-state index is 13.1. The number of aromatic amines is 2. The lowest BCUT2D eigenvalue weighted by Crippen LogP contribution is -2.36. The highest BCUT2D eigenvalue weighted by Crippen LogP contribution is 2.48. The molecule has 0 bridgehead atoms. The van der Waals surface area contributed by atoms with Crippen molar-refractivity contribution in [3.05, 3.63) is 53.5 Å². The second-order valence-corrected chi connectivity index (χ2v) is 9.74. The molecule has 2 N–H and O–H groups in total. The molecular formula is C26H24N4O5S. The van der Waals surface area contributed by atoms with E-state index in [1.165, 1.54) is 11.8 Å². The van der Waals surface area contributed by atoms with Crippen LogP contribution >= 0.6 is 11.8 Å². The zero-order valence-corrected chi connectivity index (χ0v) is 20.6. The summed E-state index contributed by atoms with van der Waals surface area (Å²) in [4.78, 5) is 41.3. The summed E-state index contributed by atoms with van der Waals surface area (Å²) in [5, 5.41) is 1.33. The highest BCUT2D eigenvalue weighted by molar-refractivity contribution is 7.99. The molecule has 6 rings (SSSR count). The standard InChI is InChI=1S/C26H24N4O5S/c1-3-34-25(32)24-23-14(12-27-24)21(22-16(28-23)5-4-6-18(22)31)19-9-10-20(35-19)36-26-29-15-8-7-13(33-2)11-17(15)30-26/h7-12,21-22,27H,3-6H2,1-2H3,(H,29,30). The van der Waals surface area contributed by atoms with Crippen molar-refractivity contribution >= 4 is 45.9 Å². The van der Waals surface area contributed by atoms with E-state index in [0.717, 1.165) is 34.5 Å². The number of imidazole rings is 1. The summed E-state index contributed by atoms with van der Waals surface area (Å²) in [5.41, 5.74) is 4.10. The Kier molecular flexibility index (Phi) is 5.67. The van der Waals surface area contributed by atoms with Crippen molar-refractivity contribution in [3.63, 3.8) is 0 Å². The van der Waals surface area contributed by atoms with Gasteiger partial charge in [-0.2, -0.15) is 0 Å². The SMILES string of the molecule is CCOC(=O)c1[nH]cc2c1N=C1CCCC(=O)C1C2c1ccc(Sc2nc3ccc(OC)cc3[nH]2)o1. The Morgan fingerprint density at radius 2 is 2.11 bits per heavy atom. The molecule has 3 aromatic heterocycles. The second-order valence-electron chi connectivity index (χ2n) is 8.75. The van der Waals surface area contributed by atoms with E-state index < -0.39 is 11.9 Å². The molecule has 1 aromatic carbocycles. The average molecular weight is 505 g/mol. The van der Waals surface area contributed by atoms with Crippen LogP contribution in [-0.2, 0) is 9.53 Å². The van der Waals surface area contributed by atoms with Crippen molar-refractivity contribution in [3.8, 4) is 5.75 Å². The zero-order chi connectivity index (χ0) is 24.8. The fraction of sp³-hybridized carbons (Fsp3) is 0.308. The molecule has 1 aliphatic heterocycles. The Morgan fingerprint density at radius 1 is 1.22 bits per heavy atom. The minimum Gasteiger partial charge on any atom is -0.497 e. The Labute approximate surface area is 210 Å². The minimum absolute atomic E-state index is 0.145. The molecule has 1 aliphatic carbocycles. The number of ketones is 1. The molecule has 2 aliphatic rings. The van der Waals surface area contributed by atoms with Gasteiger partial charge in [-0.25, -0.2) is 9.78 Å². The molecule has 0 saturated heterocycles. The third-order valence-electron chi connectivity index (χ3n) is 6.62. The summed E-state index contributed by atoms with van der Waals surface area (Å²) in [7, 11) is 1.63. The van der Waals surface area contributed by atoms with Crippen LogP contribution in [0.1, 0.15) is 53.9 Å². The van der Waals surface area contributed by atoms with Gasteiger partial charge in [0.2, 0.25) is 0 Å².